The largest absolute Gasteiger partial charge is 0.456 e. The van der Waals surface area contributed by atoms with Crippen molar-refractivity contribution in [2.24, 2.45) is 0 Å². The molecule has 3 nitrogen and oxygen atoms in total. The molecule has 240 valence electrons. The molecule has 3 aromatic heterocycles. The first-order valence-corrected chi connectivity index (χ1v) is 17.7. The summed E-state index contributed by atoms with van der Waals surface area (Å²) in [6, 6.07) is 55.3. The molecule has 10 aromatic rings. The summed E-state index contributed by atoms with van der Waals surface area (Å²) >= 11 is 0. The van der Waals surface area contributed by atoms with Crippen molar-refractivity contribution in [3.8, 4) is 22.5 Å². The van der Waals surface area contributed by atoms with Crippen LogP contribution in [-0.4, -0.2) is 9.13 Å². The Morgan fingerprint density at radius 3 is 1.63 bits per heavy atom. The zero-order valence-corrected chi connectivity index (χ0v) is 27.9. The van der Waals surface area contributed by atoms with Crippen LogP contribution in [0.5, 0.6) is 0 Å². The Morgan fingerprint density at radius 2 is 0.961 bits per heavy atom. The minimum Gasteiger partial charge on any atom is -0.456 e. The number of aromatic nitrogens is 2. The van der Waals surface area contributed by atoms with Crippen molar-refractivity contribution in [1.29, 1.82) is 0 Å². The van der Waals surface area contributed by atoms with Crippen molar-refractivity contribution in [2.75, 3.05) is 0 Å². The van der Waals surface area contributed by atoms with E-state index in [2.05, 4.69) is 167 Å². The quantitative estimate of drug-likeness (QED) is 0.186. The molecule has 7 aromatic carbocycles. The van der Waals surface area contributed by atoms with Crippen LogP contribution >= 0.6 is 0 Å². The summed E-state index contributed by atoms with van der Waals surface area (Å²) in [4.78, 5) is 0. The number of para-hydroxylation sites is 3. The van der Waals surface area contributed by atoms with E-state index in [1.807, 2.05) is 12.1 Å². The van der Waals surface area contributed by atoms with Gasteiger partial charge < -0.3 is 13.6 Å². The minimum atomic E-state index is 0.909. The third-order valence-corrected chi connectivity index (χ3v) is 10.8. The van der Waals surface area contributed by atoms with Gasteiger partial charge in [0.15, 0.2) is 0 Å². The van der Waals surface area contributed by atoms with Gasteiger partial charge in [-0.05, 0) is 108 Å². The Morgan fingerprint density at radius 1 is 0.412 bits per heavy atom. The standard InChI is InChI=1S/C48H32N2O/c1-2-10-31(11-3-1)32-18-22-35(23-19-32)49-43-15-7-4-12-37(43)40-28-33(20-25-45(40)49)34-21-26-46-41(29-34)38-13-5-8-16-44(38)50(46)36-24-27-48-42(30-36)39-14-6-9-17-47(39)51-48/h1-2,4-10,12-30H,3,11H2. The number of benzene rings is 7. The molecule has 0 amide bonds. The maximum absolute atomic E-state index is 6.16. The zero-order valence-electron chi connectivity index (χ0n) is 27.9. The monoisotopic (exact) mass is 652 g/mol. The first-order valence-electron chi connectivity index (χ1n) is 17.7. The molecule has 0 saturated carbocycles. The second-order valence-corrected chi connectivity index (χ2v) is 13.7. The zero-order chi connectivity index (χ0) is 33.5. The van der Waals surface area contributed by atoms with Crippen molar-refractivity contribution in [3.05, 3.63) is 175 Å². The van der Waals surface area contributed by atoms with Crippen LogP contribution in [0, 0.1) is 0 Å². The highest BCUT2D eigenvalue weighted by molar-refractivity contribution is 6.13. The van der Waals surface area contributed by atoms with Gasteiger partial charge in [0.1, 0.15) is 11.2 Å². The van der Waals surface area contributed by atoms with Gasteiger partial charge in [0, 0.05) is 43.7 Å². The molecular weight excluding hydrogens is 621 g/mol. The first kappa shape index (κ1) is 28.3. The molecule has 51 heavy (non-hydrogen) atoms. The highest BCUT2D eigenvalue weighted by Gasteiger charge is 2.17. The normalized spacial score (nSPS) is 13.4. The summed E-state index contributed by atoms with van der Waals surface area (Å²) < 4.78 is 11.0. The van der Waals surface area contributed by atoms with E-state index in [9.17, 15) is 0 Å². The van der Waals surface area contributed by atoms with Crippen molar-refractivity contribution < 1.29 is 4.42 Å². The molecule has 0 spiro atoms. The molecule has 0 saturated heterocycles. The van der Waals surface area contributed by atoms with Gasteiger partial charge in [-0.15, -0.1) is 0 Å². The number of fused-ring (bicyclic) bond motifs is 9. The van der Waals surface area contributed by atoms with Gasteiger partial charge in [0.25, 0.3) is 0 Å². The van der Waals surface area contributed by atoms with Crippen LogP contribution < -0.4 is 0 Å². The lowest BCUT2D eigenvalue weighted by atomic mass is 9.97. The molecule has 0 N–H and O–H groups in total. The summed E-state index contributed by atoms with van der Waals surface area (Å²) in [7, 11) is 0. The van der Waals surface area contributed by atoms with E-state index in [-0.39, 0.29) is 0 Å². The number of furan rings is 1. The first-order chi connectivity index (χ1) is 25.3. The molecule has 0 radical (unpaired) electrons. The van der Waals surface area contributed by atoms with Crippen LogP contribution in [0.3, 0.4) is 0 Å². The van der Waals surface area contributed by atoms with Gasteiger partial charge in [0.05, 0.1) is 22.1 Å². The molecule has 0 unspecified atom stereocenters. The maximum Gasteiger partial charge on any atom is 0.135 e. The molecule has 1 aliphatic rings. The predicted octanol–water partition coefficient (Wildman–Crippen LogP) is 13.2. The van der Waals surface area contributed by atoms with Crippen LogP contribution in [0.2, 0.25) is 0 Å². The number of hydrogen-bond donors (Lipinski definition) is 0. The van der Waals surface area contributed by atoms with Crippen molar-refractivity contribution in [1.82, 2.24) is 9.13 Å². The van der Waals surface area contributed by atoms with Crippen LogP contribution in [0.4, 0.5) is 0 Å². The minimum absolute atomic E-state index is 0.909. The Balaban J connectivity index is 1.05. The Hall–Kier alpha value is -6.58. The third kappa shape index (κ3) is 4.31. The van der Waals surface area contributed by atoms with Crippen molar-refractivity contribution >= 4 is 71.1 Å². The number of hydrogen-bond acceptors (Lipinski definition) is 1. The van der Waals surface area contributed by atoms with E-state index in [0.29, 0.717) is 0 Å². The summed E-state index contributed by atoms with van der Waals surface area (Å²) in [5.41, 5.74) is 14.1. The van der Waals surface area contributed by atoms with Crippen molar-refractivity contribution in [2.45, 2.75) is 12.8 Å². The molecule has 11 rings (SSSR count). The van der Waals surface area contributed by atoms with Crippen LogP contribution in [0.1, 0.15) is 18.4 Å². The average Bonchev–Trinajstić information content (AvgIpc) is 3.85. The van der Waals surface area contributed by atoms with Crippen LogP contribution in [0.15, 0.2) is 174 Å². The van der Waals surface area contributed by atoms with Crippen molar-refractivity contribution in [3.63, 3.8) is 0 Å². The Labute approximate surface area is 294 Å². The van der Waals surface area contributed by atoms with E-state index in [0.717, 1.165) is 40.5 Å². The van der Waals surface area contributed by atoms with E-state index in [1.165, 1.54) is 71.6 Å². The van der Waals surface area contributed by atoms with Crippen LogP contribution in [-0.2, 0) is 0 Å². The lowest BCUT2D eigenvalue weighted by Crippen LogP contribution is -1.95. The molecule has 1 aliphatic carbocycles. The smallest absolute Gasteiger partial charge is 0.135 e. The number of nitrogens with zero attached hydrogens (tertiary/aromatic N) is 2. The summed E-state index contributed by atoms with van der Waals surface area (Å²) in [6.45, 7) is 0. The highest BCUT2D eigenvalue weighted by atomic mass is 16.3. The van der Waals surface area contributed by atoms with E-state index < -0.39 is 0 Å². The molecule has 3 heterocycles. The Bertz CT molecular complexity index is 3070. The van der Waals surface area contributed by atoms with Gasteiger partial charge >= 0.3 is 0 Å². The lowest BCUT2D eigenvalue weighted by Gasteiger charge is -2.12. The summed E-state index contributed by atoms with van der Waals surface area (Å²) in [5, 5.41) is 7.28. The topological polar surface area (TPSA) is 23.0 Å². The second-order valence-electron chi connectivity index (χ2n) is 13.7. The SMILES string of the molecule is C1=CCCC(c2ccc(-n3c4ccccc4c4cc(-c5ccc6c(c5)c5ccccc5n6-c5ccc6oc7ccccc7c6c5)ccc43)cc2)=C1. The summed E-state index contributed by atoms with van der Waals surface area (Å²) in [6.07, 6.45) is 8.87. The predicted molar refractivity (Wildman–Crippen MR) is 214 cm³/mol. The fourth-order valence-corrected chi connectivity index (χ4v) is 8.38. The maximum atomic E-state index is 6.16. The van der Waals surface area contributed by atoms with Gasteiger partial charge in [-0.3, -0.25) is 0 Å². The highest BCUT2D eigenvalue weighted by Crippen LogP contribution is 2.39. The molecule has 0 fully saturated rings. The van der Waals surface area contributed by atoms with Gasteiger partial charge in [-0.1, -0.05) is 97.1 Å². The molecule has 3 heteroatoms. The van der Waals surface area contributed by atoms with Gasteiger partial charge in [-0.2, -0.15) is 0 Å². The molecular formula is C48H32N2O. The number of rotatable bonds is 4. The molecule has 0 atom stereocenters. The molecule has 0 bridgehead atoms. The average molecular weight is 653 g/mol. The fraction of sp³-hybridized carbons (Fsp3) is 0.0417. The third-order valence-electron chi connectivity index (χ3n) is 10.8. The fourth-order valence-electron chi connectivity index (χ4n) is 8.38. The van der Waals surface area contributed by atoms with Gasteiger partial charge in [0.2, 0.25) is 0 Å². The van der Waals surface area contributed by atoms with E-state index in [4.69, 9.17) is 4.42 Å². The van der Waals surface area contributed by atoms with Gasteiger partial charge in [-0.25, -0.2) is 0 Å². The summed E-state index contributed by atoms with van der Waals surface area (Å²) in [5.74, 6) is 0. The number of allylic oxidation sites excluding steroid dienone is 4. The second kappa shape index (κ2) is 11.0. The lowest BCUT2D eigenvalue weighted by molar-refractivity contribution is 0.669. The van der Waals surface area contributed by atoms with E-state index in [1.54, 1.807) is 0 Å². The van der Waals surface area contributed by atoms with E-state index >= 15 is 0 Å². The van der Waals surface area contributed by atoms with Crippen LogP contribution in [0.25, 0.3) is 93.6 Å². The Kier molecular flexibility index (Phi) is 6.08. The molecule has 0 aliphatic heterocycles.